The smallest absolute Gasteiger partial charge is 0.408 e. The minimum absolute atomic E-state index is 0.0606. The summed E-state index contributed by atoms with van der Waals surface area (Å²) in [5, 5.41) is 10.4. The Morgan fingerprint density at radius 1 is 1.38 bits per heavy atom. The van der Waals surface area contributed by atoms with Gasteiger partial charge in [-0.2, -0.15) is 0 Å². The van der Waals surface area contributed by atoms with Gasteiger partial charge in [0, 0.05) is 5.56 Å². The van der Waals surface area contributed by atoms with Gasteiger partial charge in [0.1, 0.15) is 10.2 Å². The minimum Gasteiger partial charge on any atom is -0.444 e. The van der Waals surface area contributed by atoms with Crippen LogP contribution in [-0.2, 0) is 10.3 Å². The molecule has 0 aliphatic heterocycles. The van der Waals surface area contributed by atoms with Gasteiger partial charge in [-0.05, 0) is 55.6 Å². The molecule has 2 rings (SSSR count). The highest BCUT2D eigenvalue weighted by molar-refractivity contribution is 9.10. The summed E-state index contributed by atoms with van der Waals surface area (Å²) >= 11 is 3.29. The highest BCUT2D eigenvalue weighted by atomic mass is 79.9. The second-order valence-corrected chi connectivity index (χ2v) is 6.76. The number of nitrogens with one attached hydrogen (secondary N) is 1. The lowest BCUT2D eigenvalue weighted by molar-refractivity contribution is 0.0494. The van der Waals surface area contributed by atoms with Crippen molar-refractivity contribution in [2.24, 2.45) is 5.73 Å². The molecule has 0 unspecified atom stereocenters. The van der Waals surface area contributed by atoms with E-state index in [1.807, 2.05) is 0 Å². The fraction of sp³-hybridized carbons (Fsp3) is 0.538. The van der Waals surface area contributed by atoms with Gasteiger partial charge in [-0.3, -0.25) is 4.79 Å². The Hall–Kier alpha value is -1.70. The van der Waals surface area contributed by atoms with Gasteiger partial charge >= 0.3 is 6.09 Å². The lowest BCUT2D eigenvalue weighted by atomic mass is 10.1. The Kier molecular flexibility index (Phi) is 3.92. The molecular weight excluding hydrogens is 340 g/mol. The van der Waals surface area contributed by atoms with Crippen LogP contribution in [0.1, 0.15) is 49.7 Å². The van der Waals surface area contributed by atoms with E-state index in [1.165, 1.54) is 0 Å². The van der Waals surface area contributed by atoms with Crippen molar-refractivity contribution < 1.29 is 14.3 Å². The molecule has 2 amide bonds. The summed E-state index contributed by atoms with van der Waals surface area (Å²) in [6, 6.07) is 1.55. The number of alkyl carbamates (subject to hydrolysis) is 1. The Morgan fingerprint density at radius 3 is 2.48 bits per heavy atom. The molecule has 0 aromatic carbocycles. The van der Waals surface area contributed by atoms with Gasteiger partial charge < -0.3 is 15.8 Å². The molecule has 1 aromatic heterocycles. The van der Waals surface area contributed by atoms with Crippen molar-refractivity contribution in [3.05, 3.63) is 21.9 Å². The molecule has 21 heavy (non-hydrogen) atoms. The third kappa shape index (κ3) is 3.69. The molecule has 0 spiro atoms. The number of carbonyl (C=O) groups is 2. The molecule has 1 aliphatic rings. The predicted molar refractivity (Wildman–Crippen MR) is 78.5 cm³/mol. The van der Waals surface area contributed by atoms with Gasteiger partial charge in [-0.15, -0.1) is 10.2 Å². The van der Waals surface area contributed by atoms with Crippen LogP contribution in [0.15, 0.2) is 10.7 Å². The van der Waals surface area contributed by atoms with Crippen molar-refractivity contribution in [1.82, 2.24) is 15.5 Å². The molecule has 1 aliphatic carbocycles. The highest BCUT2D eigenvalue weighted by Crippen LogP contribution is 2.47. The summed E-state index contributed by atoms with van der Waals surface area (Å²) in [6.07, 6.45) is 0.952. The minimum atomic E-state index is -0.663. The predicted octanol–water partition coefficient (Wildman–Crippen LogP) is 1.85. The van der Waals surface area contributed by atoms with E-state index in [0.717, 1.165) is 12.8 Å². The molecule has 0 atom stereocenters. The Bertz CT molecular complexity index is 594. The Labute approximate surface area is 130 Å². The van der Waals surface area contributed by atoms with Gasteiger partial charge in [0.05, 0.1) is 5.54 Å². The number of primary amides is 1. The van der Waals surface area contributed by atoms with Gasteiger partial charge in [-0.25, -0.2) is 4.79 Å². The number of amides is 2. The first-order chi connectivity index (χ1) is 9.63. The van der Waals surface area contributed by atoms with Crippen molar-refractivity contribution in [3.63, 3.8) is 0 Å². The number of nitrogens with zero attached hydrogens (tertiary/aromatic N) is 2. The maximum atomic E-state index is 11.9. The number of ether oxygens (including phenoxy) is 1. The lowest BCUT2D eigenvalue weighted by Crippen LogP contribution is -2.39. The molecule has 0 saturated heterocycles. The van der Waals surface area contributed by atoms with Gasteiger partial charge in [0.25, 0.3) is 5.91 Å². The normalized spacial score (nSPS) is 16.2. The van der Waals surface area contributed by atoms with Crippen LogP contribution in [0.3, 0.4) is 0 Å². The number of hydrogen-bond acceptors (Lipinski definition) is 5. The van der Waals surface area contributed by atoms with E-state index in [0.29, 0.717) is 10.2 Å². The van der Waals surface area contributed by atoms with Crippen LogP contribution < -0.4 is 11.1 Å². The molecule has 0 radical (unpaired) electrons. The maximum Gasteiger partial charge on any atom is 0.408 e. The number of rotatable bonds is 3. The molecular formula is C13H17BrN4O3. The third-order valence-corrected chi connectivity index (χ3v) is 3.59. The fourth-order valence-electron chi connectivity index (χ4n) is 1.92. The summed E-state index contributed by atoms with van der Waals surface area (Å²) in [6.45, 7) is 5.38. The maximum absolute atomic E-state index is 11.9. The zero-order valence-corrected chi connectivity index (χ0v) is 13.7. The largest absolute Gasteiger partial charge is 0.444 e. The summed E-state index contributed by atoms with van der Waals surface area (Å²) in [7, 11) is 0. The lowest BCUT2D eigenvalue weighted by Gasteiger charge is -2.24. The summed E-state index contributed by atoms with van der Waals surface area (Å²) in [4.78, 5) is 23.2. The van der Waals surface area contributed by atoms with E-state index in [4.69, 9.17) is 10.5 Å². The third-order valence-electron chi connectivity index (χ3n) is 3.01. The summed E-state index contributed by atoms with van der Waals surface area (Å²) in [5.41, 5.74) is 4.79. The van der Waals surface area contributed by atoms with Crippen LogP contribution in [0, 0.1) is 0 Å². The molecule has 8 heteroatoms. The van der Waals surface area contributed by atoms with Crippen LogP contribution in [0.25, 0.3) is 0 Å². The molecule has 1 saturated carbocycles. The van der Waals surface area contributed by atoms with Gasteiger partial charge in [-0.1, -0.05) is 0 Å². The van der Waals surface area contributed by atoms with Crippen molar-refractivity contribution in [3.8, 4) is 0 Å². The SMILES string of the molecule is CC(C)(C)OC(=O)NC1(c2cc(C(N)=O)nnc2Br)CC1. The van der Waals surface area contributed by atoms with E-state index in [1.54, 1.807) is 26.8 Å². The second-order valence-electron chi connectivity index (χ2n) is 6.01. The highest BCUT2D eigenvalue weighted by Gasteiger charge is 2.48. The molecule has 7 nitrogen and oxygen atoms in total. The molecule has 114 valence electrons. The standard InChI is InChI=1S/C13H17BrN4O3/c1-12(2,3)21-11(20)16-13(4-5-13)7-6-8(10(15)19)17-18-9(7)14/h6H,4-5H2,1-3H3,(H2,15,19)(H,16,20). The summed E-state index contributed by atoms with van der Waals surface area (Å²) < 4.78 is 5.73. The Morgan fingerprint density at radius 2 is 2.00 bits per heavy atom. The zero-order chi connectivity index (χ0) is 15.8. The summed E-state index contributed by atoms with van der Waals surface area (Å²) in [5.74, 6) is -0.663. The number of nitrogens with two attached hydrogens (primary N) is 1. The molecule has 1 fully saturated rings. The molecule has 1 aromatic rings. The monoisotopic (exact) mass is 356 g/mol. The average molecular weight is 357 g/mol. The first-order valence-corrected chi connectivity index (χ1v) is 7.27. The van der Waals surface area contributed by atoms with Crippen LogP contribution in [-0.4, -0.2) is 27.8 Å². The quantitative estimate of drug-likeness (QED) is 0.859. The van der Waals surface area contributed by atoms with Crippen LogP contribution >= 0.6 is 15.9 Å². The zero-order valence-electron chi connectivity index (χ0n) is 12.1. The van der Waals surface area contributed by atoms with E-state index in [9.17, 15) is 9.59 Å². The first-order valence-electron chi connectivity index (χ1n) is 6.48. The topological polar surface area (TPSA) is 107 Å². The van der Waals surface area contributed by atoms with Crippen molar-refractivity contribution in [2.75, 3.05) is 0 Å². The van der Waals surface area contributed by atoms with Gasteiger partial charge in [0.2, 0.25) is 0 Å². The first kappa shape index (κ1) is 15.7. The van der Waals surface area contributed by atoms with Gasteiger partial charge in [0.15, 0.2) is 5.69 Å². The fourth-order valence-corrected chi connectivity index (χ4v) is 2.49. The van der Waals surface area contributed by atoms with Crippen LogP contribution in [0.4, 0.5) is 4.79 Å². The number of carbonyl (C=O) groups excluding carboxylic acids is 2. The Balaban J connectivity index is 2.23. The van der Waals surface area contributed by atoms with Crippen molar-refractivity contribution in [2.45, 2.75) is 44.8 Å². The number of halogens is 1. The molecule has 0 bridgehead atoms. The van der Waals surface area contributed by atoms with E-state index in [2.05, 4.69) is 31.4 Å². The van der Waals surface area contributed by atoms with E-state index in [-0.39, 0.29) is 5.69 Å². The van der Waals surface area contributed by atoms with Crippen LogP contribution in [0.2, 0.25) is 0 Å². The van der Waals surface area contributed by atoms with E-state index >= 15 is 0 Å². The number of hydrogen-bond donors (Lipinski definition) is 2. The second kappa shape index (κ2) is 5.25. The van der Waals surface area contributed by atoms with Crippen molar-refractivity contribution >= 4 is 27.9 Å². The van der Waals surface area contributed by atoms with Crippen LogP contribution in [0.5, 0.6) is 0 Å². The molecule has 1 heterocycles. The number of aromatic nitrogens is 2. The van der Waals surface area contributed by atoms with Crippen molar-refractivity contribution in [1.29, 1.82) is 0 Å². The van der Waals surface area contributed by atoms with E-state index < -0.39 is 23.1 Å². The average Bonchev–Trinajstić information content (AvgIpc) is 3.07. The molecule has 3 N–H and O–H groups in total.